The van der Waals surface area contributed by atoms with Crippen molar-refractivity contribution in [2.75, 3.05) is 32.7 Å². The Bertz CT molecular complexity index is 928. The highest BCUT2D eigenvalue weighted by Crippen LogP contribution is 2.41. The Balaban J connectivity index is 1.40. The van der Waals surface area contributed by atoms with Gasteiger partial charge in [-0.25, -0.2) is 18.6 Å². The lowest BCUT2D eigenvalue weighted by atomic mass is 9.86. The summed E-state index contributed by atoms with van der Waals surface area (Å²) in [7, 11) is 0. The highest BCUT2D eigenvalue weighted by atomic mass is 19.4. The van der Waals surface area contributed by atoms with Gasteiger partial charge in [-0.1, -0.05) is 6.07 Å². The fraction of sp³-hybridized carbons (Fsp3) is 0.474. The van der Waals surface area contributed by atoms with Gasteiger partial charge in [0.1, 0.15) is 0 Å². The lowest BCUT2D eigenvalue weighted by Crippen LogP contribution is -2.50. The van der Waals surface area contributed by atoms with Gasteiger partial charge in [0, 0.05) is 13.1 Å². The lowest BCUT2D eigenvalue weighted by Gasteiger charge is -2.35. The molecular weight excluding hydrogens is 409 g/mol. The van der Waals surface area contributed by atoms with Crippen LogP contribution in [0.5, 0.6) is 0 Å². The average molecular weight is 427 g/mol. The third-order valence-electron chi connectivity index (χ3n) is 5.76. The molecule has 11 heteroatoms. The molecule has 0 saturated carbocycles. The number of rotatable bonds is 1. The first-order valence-corrected chi connectivity index (χ1v) is 9.42. The predicted molar refractivity (Wildman–Crippen MR) is 94.4 cm³/mol. The number of halogens is 5. The Labute approximate surface area is 169 Å². The molecule has 3 aliphatic heterocycles. The van der Waals surface area contributed by atoms with Gasteiger partial charge in [-0.3, -0.25) is 5.43 Å². The minimum atomic E-state index is -5.00. The van der Waals surface area contributed by atoms with Crippen LogP contribution in [0.4, 0.5) is 26.7 Å². The maximum atomic E-state index is 13.9. The molecule has 0 spiro atoms. The second-order valence-electron chi connectivity index (χ2n) is 7.60. The van der Waals surface area contributed by atoms with Gasteiger partial charge >= 0.3 is 12.2 Å². The predicted octanol–water partition coefficient (Wildman–Crippen LogP) is 3.15. The summed E-state index contributed by atoms with van der Waals surface area (Å²) in [6.07, 6.45) is -2.53. The van der Waals surface area contributed by atoms with Crippen molar-refractivity contribution in [2.45, 2.75) is 24.9 Å². The van der Waals surface area contributed by atoms with E-state index in [4.69, 9.17) is 5.26 Å². The van der Waals surface area contributed by atoms with Gasteiger partial charge in [0.25, 0.3) is 0 Å². The molecule has 4 rings (SSSR count). The van der Waals surface area contributed by atoms with Crippen molar-refractivity contribution in [1.82, 2.24) is 20.2 Å². The molecule has 1 saturated heterocycles. The molecule has 0 aliphatic carbocycles. The molecular formula is C19H18F5N5O. The summed E-state index contributed by atoms with van der Waals surface area (Å²) in [5.41, 5.74) is 2.93. The fourth-order valence-electron chi connectivity index (χ4n) is 4.27. The van der Waals surface area contributed by atoms with Crippen LogP contribution in [-0.4, -0.2) is 53.6 Å². The minimum Gasteiger partial charge on any atom is -0.323 e. The number of carbonyl (C=O) groups is 1. The molecule has 6 nitrogen and oxygen atoms in total. The maximum Gasteiger partial charge on any atom is 0.419 e. The summed E-state index contributed by atoms with van der Waals surface area (Å²) < 4.78 is 67.2. The first kappa shape index (κ1) is 20.3. The van der Waals surface area contributed by atoms with Gasteiger partial charge < -0.3 is 9.80 Å². The minimum absolute atomic E-state index is 0.201. The number of hydrogen-bond donors (Lipinski definition) is 1. The Morgan fingerprint density at radius 2 is 1.83 bits per heavy atom. The maximum absolute atomic E-state index is 13.9. The molecule has 0 bridgehead atoms. The fourth-order valence-corrected chi connectivity index (χ4v) is 4.27. The van der Waals surface area contributed by atoms with Crippen LogP contribution in [-0.2, 0) is 6.18 Å². The van der Waals surface area contributed by atoms with Crippen LogP contribution in [0.25, 0.3) is 0 Å². The Morgan fingerprint density at radius 3 is 2.43 bits per heavy atom. The average Bonchev–Trinajstić information content (AvgIpc) is 3.27. The normalized spacial score (nSPS) is 19.8. The summed E-state index contributed by atoms with van der Waals surface area (Å²) in [4.78, 5) is 15.8. The van der Waals surface area contributed by atoms with Crippen molar-refractivity contribution in [2.24, 2.45) is 0 Å². The first-order valence-electron chi connectivity index (χ1n) is 9.42. The van der Waals surface area contributed by atoms with E-state index in [0.29, 0.717) is 25.7 Å². The van der Waals surface area contributed by atoms with Gasteiger partial charge in [-0.2, -0.15) is 18.4 Å². The number of nitrogens with zero attached hydrogens (tertiary/aromatic N) is 4. The molecule has 0 unspecified atom stereocenters. The largest absolute Gasteiger partial charge is 0.419 e. The highest BCUT2D eigenvalue weighted by molar-refractivity contribution is 5.75. The molecule has 3 aliphatic rings. The van der Waals surface area contributed by atoms with Crippen LogP contribution in [0, 0.1) is 23.1 Å². The third-order valence-corrected chi connectivity index (χ3v) is 5.76. The molecule has 1 aromatic carbocycles. The number of hydrazine groups is 1. The Hall–Kier alpha value is -3.03. The number of benzene rings is 1. The van der Waals surface area contributed by atoms with Gasteiger partial charge in [-0.05, 0) is 36.0 Å². The summed E-state index contributed by atoms with van der Waals surface area (Å²) in [6, 6.07) is 1.40. The van der Waals surface area contributed by atoms with Crippen molar-refractivity contribution in [3.8, 4) is 6.19 Å². The van der Waals surface area contributed by atoms with Crippen LogP contribution in [0.1, 0.15) is 29.9 Å². The van der Waals surface area contributed by atoms with E-state index in [1.54, 1.807) is 4.90 Å². The molecule has 0 radical (unpaired) electrons. The summed E-state index contributed by atoms with van der Waals surface area (Å²) >= 11 is 0. The molecule has 160 valence electrons. The number of amides is 2. The van der Waals surface area contributed by atoms with E-state index in [-0.39, 0.29) is 37.5 Å². The second kappa shape index (κ2) is 7.34. The summed E-state index contributed by atoms with van der Waals surface area (Å²) in [5, 5.41) is 10.4. The van der Waals surface area contributed by atoms with Crippen LogP contribution in [0.2, 0.25) is 0 Å². The summed E-state index contributed by atoms with van der Waals surface area (Å²) in [5.74, 6) is -4.04. The van der Waals surface area contributed by atoms with Gasteiger partial charge in [0.15, 0.2) is 17.8 Å². The topological polar surface area (TPSA) is 62.6 Å². The first-order chi connectivity index (χ1) is 14.2. The van der Waals surface area contributed by atoms with E-state index in [9.17, 15) is 26.7 Å². The van der Waals surface area contributed by atoms with E-state index in [1.165, 1.54) is 9.91 Å². The van der Waals surface area contributed by atoms with Crippen LogP contribution in [0.3, 0.4) is 0 Å². The molecule has 0 atom stereocenters. The van der Waals surface area contributed by atoms with Crippen molar-refractivity contribution in [3.63, 3.8) is 0 Å². The van der Waals surface area contributed by atoms with E-state index in [0.717, 1.165) is 17.3 Å². The van der Waals surface area contributed by atoms with Crippen LogP contribution < -0.4 is 5.43 Å². The van der Waals surface area contributed by atoms with Crippen molar-refractivity contribution >= 4 is 6.03 Å². The number of likely N-dealkylation sites (tertiary alicyclic amines) is 1. The number of carbonyl (C=O) groups excluding carboxylic acids is 1. The zero-order chi connectivity index (χ0) is 21.6. The number of nitrogens with one attached hydrogen (secondary N) is 1. The van der Waals surface area contributed by atoms with E-state index in [2.05, 4.69) is 11.6 Å². The standard InChI is InChI=1S/C19H18F5N5O/c20-14-2-1-13(16(17(14)21)19(22,23)24)11-3-5-28(6-4-11)18(30)29-8-12-7-27(10-25)9-15(12)26-29/h1-2,11,26H,3-9H2. The molecule has 1 N–H and O–H groups in total. The quantitative estimate of drug-likeness (QED) is 0.553. The Morgan fingerprint density at radius 1 is 1.13 bits per heavy atom. The van der Waals surface area contributed by atoms with Crippen molar-refractivity contribution < 1.29 is 26.7 Å². The number of nitriles is 1. The molecule has 2 amide bonds. The molecule has 3 heterocycles. The Kier molecular flexibility index (Phi) is 4.95. The second-order valence-corrected chi connectivity index (χ2v) is 7.60. The zero-order valence-corrected chi connectivity index (χ0v) is 15.8. The smallest absolute Gasteiger partial charge is 0.323 e. The zero-order valence-electron chi connectivity index (χ0n) is 15.8. The molecule has 1 fully saturated rings. The van der Waals surface area contributed by atoms with E-state index >= 15 is 0 Å². The third kappa shape index (κ3) is 3.51. The van der Waals surface area contributed by atoms with Crippen LogP contribution in [0.15, 0.2) is 23.4 Å². The molecule has 0 aromatic heterocycles. The highest BCUT2D eigenvalue weighted by Gasteiger charge is 2.41. The van der Waals surface area contributed by atoms with E-state index in [1.807, 2.05) is 0 Å². The number of alkyl halides is 3. The number of urea groups is 1. The summed E-state index contributed by atoms with van der Waals surface area (Å²) in [6.45, 7) is 1.61. The number of piperidine rings is 1. The van der Waals surface area contributed by atoms with Crippen molar-refractivity contribution in [1.29, 1.82) is 5.26 Å². The lowest BCUT2D eigenvalue weighted by molar-refractivity contribution is -0.141. The molecule has 30 heavy (non-hydrogen) atoms. The number of hydrogen-bond acceptors (Lipinski definition) is 4. The van der Waals surface area contributed by atoms with Crippen LogP contribution >= 0.6 is 0 Å². The van der Waals surface area contributed by atoms with Gasteiger partial charge in [0.2, 0.25) is 0 Å². The van der Waals surface area contributed by atoms with Gasteiger partial charge in [-0.15, -0.1) is 0 Å². The molecule has 1 aromatic rings. The van der Waals surface area contributed by atoms with E-state index < -0.39 is 29.3 Å². The monoisotopic (exact) mass is 427 g/mol. The van der Waals surface area contributed by atoms with Gasteiger partial charge in [0.05, 0.1) is 30.9 Å². The SMILES string of the molecule is N#CN1CC2=C(C1)NN(C(=O)N1CCC(c3ccc(F)c(F)c3C(F)(F)F)CC1)C2. The van der Waals surface area contributed by atoms with Crippen molar-refractivity contribution in [3.05, 3.63) is 46.2 Å².